The Morgan fingerprint density at radius 2 is 0.504 bits per heavy atom. The zero-order chi connectivity index (χ0) is 87.0. The van der Waals surface area contributed by atoms with Crippen molar-refractivity contribution < 1.29 is 0 Å². The molecule has 0 radical (unpaired) electrons. The van der Waals surface area contributed by atoms with Gasteiger partial charge in [-0.25, -0.2) is 24.9 Å². The second kappa shape index (κ2) is 29.3. The summed E-state index contributed by atoms with van der Waals surface area (Å²) in [5.74, 6) is 3.41. The zero-order valence-corrected chi connectivity index (χ0v) is 71.5. The predicted molar refractivity (Wildman–Crippen MR) is 550 cm³/mol. The van der Waals surface area contributed by atoms with E-state index in [4.69, 9.17) is 34.9 Å². The molecule has 0 aliphatic heterocycles. The lowest BCUT2D eigenvalue weighted by molar-refractivity contribution is 0.953. The molecular weight excluding hydrogens is 1620 g/mol. The van der Waals surface area contributed by atoms with Crippen molar-refractivity contribution in [3.63, 3.8) is 0 Å². The van der Waals surface area contributed by atoms with Crippen LogP contribution in [0.5, 0.6) is 0 Å². The van der Waals surface area contributed by atoms with E-state index in [1.165, 1.54) is 148 Å². The number of hydrogen-bond donors (Lipinski definition) is 0. The molecule has 3 aliphatic rings. The smallest absolute Gasteiger partial charge is 0.238 e. The molecular formula is C123H72N10. The quantitative estimate of drug-likeness (QED) is 0.140. The summed E-state index contributed by atoms with van der Waals surface area (Å²) < 4.78 is 6.88. The van der Waals surface area contributed by atoms with Gasteiger partial charge in [0.2, 0.25) is 11.9 Å². The molecule has 10 nitrogen and oxygen atoms in total. The largest absolute Gasteiger partial charge is 0.292 e. The molecule has 0 saturated heterocycles. The van der Waals surface area contributed by atoms with Crippen molar-refractivity contribution in [1.29, 1.82) is 0 Å². The van der Waals surface area contributed by atoms with Crippen molar-refractivity contribution in [1.82, 2.24) is 48.6 Å². The van der Waals surface area contributed by atoms with E-state index in [0.717, 1.165) is 111 Å². The summed E-state index contributed by atoms with van der Waals surface area (Å²) in [6.45, 7) is 0. The highest BCUT2D eigenvalue weighted by Gasteiger charge is 2.33. The maximum Gasteiger partial charge on any atom is 0.238 e. The van der Waals surface area contributed by atoms with Crippen molar-refractivity contribution in [3.8, 4) is 141 Å². The van der Waals surface area contributed by atoms with Crippen LogP contribution in [-0.2, 0) is 0 Å². The number of hydrogen-bond acceptors (Lipinski definition) is 7. The lowest BCUT2D eigenvalue weighted by atomic mass is 9.88. The topological polar surface area (TPSA) is 105 Å². The maximum atomic E-state index is 5.44. The van der Waals surface area contributed by atoms with Gasteiger partial charge in [0.15, 0.2) is 17.5 Å². The van der Waals surface area contributed by atoms with Gasteiger partial charge in [-0.3, -0.25) is 13.7 Å². The van der Waals surface area contributed by atoms with Gasteiger partial charge in [-0.05, 0) is 164 Å². The van der Waals surface area contributed by atoms with E-state index in [0.29, 0.717) is 23.5 Å². The van der Waals surface area contributed by atoms with E-state index < -0.39 is 0 Å². The first-order chi connectivity index (χ1) is 66.0. The standard InChI is InChI=1S/C43H26N4.2C40H23N3/c1-4-13-27(14-5-1)31-24-26-36-40-38(31)34-21-11-10-20-32(34)33-22-12-19-28-23-25-35(39(40)37(28)33)47(36)43-45-41(29-15-6-2-7-16-29)44-42(46-43)30-17-8-3-9-18-30;1-2-11-26(12-3-1)38-40(41-32-22-20-24-10-4-5-14-27(24)39(32)42-38)43-33-19-9-18-31-29-16-7-6-15-28(29)30-17-8-13-25-21-23-34(43)37(35(25)30)36(31)33;1-2-11-26(12-3-1)38-32-22-20-24-10-4-5-14-27(24)39(32)42-40(41-38)43-33-19-9-18-31-29-16-7-6-15-28(29)30-17-8-13-25-21-23-34(43)37(35(25)30)36(31)33/h1-26H;2*1-23H. The second-order valence-electron chi connectivity index (χ2n) is 34.7. The summed E-state index contributed by atoms with van der Waals surface area (Å²) in [6.07, 6.45) is 0. The molecule has 0 unspecified atom stereocenters. The van der Waals surface area contributed by atoms with Gasteiger partial charge in [0.05, 0.1) is 55.3 Å². The molecule has 0 bridgehead atoms. The first-order valence-electron chi connectivity index (χ1n) is 45.3. The third-order valence-corrected chi connectivity index (χ3v) is 27.6. The molecule has 21 aromatic carbocycles. The third-order valence-electron chi connectivity index (χ3n) is 27.6. The highest BCUT2D eigenvalue weighted by molar-refractivity contribution is 6.34. The van der Waals surface area contributed by atoms with Gasteiger partial charge in [0.1, 0.15) is 5.69 Å². The minimum atomic E-state index is 0.599. The first kappa shape index (κ1) is 74.1. The Hall–Kier alpha value is -18.0. The van der Waals surface area contributed by atoms with E-state index in [1.807, 2.05) is 36.4 Å². The normalized spacial score (nSPS) is 12.1. The number of fused-ring (bicyclic) bond motifs is 15. The molecule has 27 aromatic rings. The maximum absolute atomic E-state index is 5.44. The van der Waals surface area contributed by atoms with Crippen LogP contribution in [-0.4, -0.2) is 48.6 Å². The highest BCUT2D eigenvalue weighted by atomic mass is 15.2. The predicted octanol–water partition coefficient (Wildman–Crippen LogP) is 31.5. The summed E-state index contributed by atoms with van der Waals surface area (Å²) >= 11 is 0. The van der Waals surface area contributed by atoms with Crippen molar-refractivity contribution in [2.24, 2.45) is 0 Å². The van der Waals surface area contributed by atoms with Crippen molar-refractivity contribution >= 4 is 141 Å². The number of benzene rings is 21. The highest BCUT2D eigenvalue weighted by Crippen LogP contribution is 2.56. The molecule has 0 N–H and O–H groups in total. The van der Waals surface area contributed by atoms with Crippen LogP contribution in [0.2, 0.25) is 0 Å². The van der Waals surface area contributed by atoms with Gasteiger partial charge < -0.3 is 0 Å². The number of aromatic nitrogens is 10. The van der Waals surface area contributed by atoms with Gasteiger partial charge in [0, 0.05) is 76.3 Å². The van der Waals surface area contributed by atoms with Gasteiger partial charge in [-0.2, -0.15) is 9.97 Å². The van der Waals surface area contributed by atoms with Gasteiger partial charge in [0.25, 0.3) is 0 Å². The summed E-state index contributed by atoms with van der Waals surface area (Å²) in [5.41, 5.74) is 32.7. The van der Waals surface area contributed by atoms with Crippen LogP contribution in [0, 0.1) is 0 Å². The molecule has 614 valence electrons. The van der Waals surface area contributed by atoms with Crippen LogP contribution in [0.1, 0.15) is 0 Å². The second-order valence-corrected chi connectivity index (χ2v) is 34.7. The van der Waals surface area contributed by atoms with Gasteiger partial charge >= 0.3 is 0 Å². The Labute approximate surface area is 762 Å². The lowest BCUT2D eigenvalue weighted by Gasteiger charge is -2.16. The van der Waals surface area contributed by atoms with Gasteiger partial charge in [-0.15, -0.1) is 0 Å². The molecule has 0 atom stereocenters. The van der Waals surface area contributed by atoms with Crippen LogP contribution in [0.25, 0.3) is 282 Å². The number of rotatable bonds is 8. The lowest BCUT2D eigenvalue weighted by Crippen LogP contribution is -2.06. The monoisotopic (exact) mass is 1690 g/mol. The fourth-order valence-electron chi connectivity index (χ4n) is 22.0. The Morgan fingerprint density at radius 3 is 1.02 bits per heavy atom. The summed E-state index contributed by atoms with van der Waals surface area (Å²) in [4.78, 5) is 37.0. The molecule has 0 spiro atoms. The molecule has 30 rings (SSSR count). The van der Waals surface area contributed by atoms with Crippen molar-refractivity contribution in [3.05, 3.63) is 437 Å². The zero-order valence-electron chi connectivity index (χ0n) is 71.5. The summed E-state index contributed by atoms with van der Waals surface area (Å²) in [6, 6.07) is 155. The van der Waals surface area contributed by atoms with E-state index in [2.05, 4.69) is 414 Å². The minimum absolute atomic E-state index is 0.599. The van der Waals surface area contributed by atoms with Crippen molar-refractivity contribution in [2.45, 2.75) is 0 Å². The molecule has 6 heterocycles. The van der Waals surface area contributed by atoms with E-state index in [-0.39, 0.29) is 0 Å². The van der Waals surface area contributed by atoms with Crippen LogP contribution in [0.15, 0.2) is 437 Å². The summed E-state index contributed by atoms with van der Waals surface area (Å²) in [5, 5.41) is 20.7. The van der Waals surface area contributed by atoms with Crippen LogP contribution >= 0.6 is 0 Å². The van der Waals surface area contributed by atoms with E-state index in [9.17, 15) is 0 Å². The van der Waals surface area contributed by atoms with E-state index >= 15 is 0 Å². The molecule has 0 fully saturated rings. The molecule has 6 aromatic heterocycles. The van der Waals surface area contributed by atoms with Gasteiger partial charge in [-0.1, -0.05) is 388 Å². The first-order valence-corrected chi connectivity index (χ1v) is 45.3. The average molecular weight is 1690 g/mol. The van der Waals surface area contributed by atoms with Crippen LogP contribution in [0.4, 0.5) is 0 Å². The van der Waals surface area contributed by atoms with Crippen LogP contribution < -0.4 is 0 Å². The molecule has 0 saturated carbocycles. The Kier molecular flexibility index (Phi) is 16.3. The Balaban J connectivity index is 0.0000000997. The Morgan fingerprint density at radius 1 is 0.158 bits per heavy atom. The van der Waals surface area contributed by atoms with Crippen molar-refractivity contribution in [2.75, 3.05) is 0 Å². The Bertz CT molecular complexity index is 9580. The molecule has 3 aliphatic carbocycles. The minimum Gasteiger partial charge on any atom is -0.292 e. The number of nitrogens with zero attached hydrogens (tertiary/aromatic N) is 10. The SMILES string of the molecule is c1ccc(-c2nc(-c3ccccc3)nc(-n3c4ccc(-c5ccccc5)c5c4c4c6c(cccc6ccc43)-c3ccccc3-5)n2)cc1.c1ccc(-c2nc(-n3c4cccc5c4c4c6c(cccc6ccc43)-c3ccccc3-5)nc3c2ccc2ccccc23)cc1.c1ccc(-c2nc3c(ccc4ccccc43)nc2-n2c3cccc4c3c3c5c(cccc5ccc32)-c2ccccc2-4)cc1. The molecule has 10 heteroatoms. The third kappa shape index (κ3) is 11.2. The summed E-state index contributed by atoms with van der Waals surface area (Å²) in [7, 11) is 0. The van der Waals surface area contributed by atoms with Crippen LogP contribution in [0.3, 0.4) is 0 Å². The molecule has 0 amide bonds. The average Bonchev–Trinajstić information content (AvgIpc) is 1.54. The van der Waals surface area contributed by atoms with E-state index in [1.54, 1.807) is 0 Å². The fraction of sp³-hybridized carbons (Fsp3) is 0. The molecule has 133 heavy (non-hydrogen) atoms. The fourth-order valence-corrected chi connectivity index (χ4v) is 22.0.